The average Bonchev–Trinajstić information content (AvgIpc) is 2.89. The van der Waals surface area contributed by atoms with E-state index in [9.17, 15) is 0 Å². The van der Waals surface area contributed by atoms with Gasteiger partial charge in [0, 0.05) is 18.7 Å². The Labute approximate surface area is 117 Å². The predicted octanol–water partition coefficient (Wildman–Crippen LogP) is 3.10. The molecule has 3 rings (SSSR count). The molecule has 0 atom stereocenters. The van der Waals surface area contributed by atoms with Gasteiger partial charge in [-0.3, -0.25) is 0 Å². The summed E-state index contributed by atoms with van der Waals surface area (Å²) in [7, 11) is 3.27. The van der Waals surface area contributed by atoms with Crippen molar-refractivity contribution in [3.63, 3.8) is 0 Å². The molecule has 0 aliphatic heterocycles. The average molecular weight is 268 g/mol. The third kappa shape index (κ3) is 2.20. The minimum absolute atomic E-state index is 0.699. The number of imidazole rings is 1. The highest BCUT2D eigenvalue weighted by molar-refractivity contribution is 5.80. The van der Waals surface area contributed by atoms with Gasteiger partial charge < -0.3 is 14.0 Å². The van der Waals surface area contributed by atoms with Crippen LogP contribution in [0.5, 0.6) is 11.5 Å². The Hall–Kier alpha value is -2.49. The van der Waals surface area contributed by atoms with Crippen LogP contribution in [-0.4, -0.2) is 23.8 Å². The summed E-state index contributed by atoms with van der Waals surface area (Å²) >= 11 is 0. The van der Waals surface area contributed by atoms with Gasteiger partial charge in [0.15, 0.2) is 11.5 Å². The van der Waals surface area contributed by atoms with E-state index in [1.165, 1.54) is 5.56 Å². The van der Waals surface area contributed by atoms with E-state index in [1.807, 2.05) is 36.7 Å². The number of fused-ring (bicyclic) bond motifs is 1. The van der Waals surface area contributed by atoms with Crippen molar-refractivity contribution in [2.24, 2.45) is 0 Å². The first kappa shape index (κ1) is 12.5. The Bertz CT molecular complexity index is 720. The van der Waals surface area contributed by atoms with Crippen molar-refractivity contribution >= 4 is 11.0 Å². The summed E-state index contributed by atoms with van der Waals surface area (Å²) in [5.74, 6) is 1.42. The van der Waals surface area contributed by atoms with Crippen LogP contribution in [0.25, 0.3) is 11.0 Å². The fourth-order valence-electron chi connectivity index (χ4n) is 2.29. The highest BCUT2D eigenvalue weighted by atomic mass is 16.5. The molecular formula is C16H16N2O2. The second-order valence-corrected chi connectivity index (χ2v) is 4.55. The zero-order valence-corrected chi connectivity index (χ0v) is 11.5. The van der Waals surface area contributed by atoms with Gasteiger partial charge in [-0.05, 0) is 5.56 Å². The van der Waals surface area contributed by atoms with Gasteiger partial charge in [0.05, 0.1) is 31.6 Å². The topological polar surface area (TPSA) is 36.3 Å². The summed E-state index contributed by atoms with van der Waals surface area (Å²) < 4.78 is 12.8. The number of rotatable bonds is 4. The number of aromatic nitrogens is 2. The van der Waals surface area contributed by atoms with E-state index in [0.29, 0.717) is 5.75 Å². The lowest BCUT2D eigenvalue weighted by atomic mass is 10.2. The largest absolute Gasteiger partial charge is 0.493 e. The van der Waals surface area contributed by atoms with Crippen molar-refractivity contribution in [2.45, 2.75) is 6.54 Å². The normalized spacial score (nSPS) is 10.7. The van der Waals surface area contributed by atoms with E-state index < -0.39 is 0 Å². The number of hydrogen-bond donors (Lipinski definition) is 0. The number of ether oxygens (including phenoxy) is 2. The quantitative estimate of drug-likeness (QED) is 0.729. The lowest BCUT2D eigenvalue weighted by molar-refractivity contribution is 0.355. The molecule has 1 aromatic heterocycles. The fourth-order valence-corrected chi connectivity index (χ4v) is 2.29. The second kappa shape index (κ2) is 5.25. The predicted molar refractivity (Wildman–Crippen MR) is 78.4 cm³/mol. The lowest BCUT2D eigenvalue weighted by Gasteiger charge is -2.09. The van der Waals surface area contributed by atoms with Crippen molar-refractivity contribution in [1.82, 2.24) is 9.55 Å². The van der Waals surface area contributed by atoms with Crippen LogP contribution in [0.3, 0.4) is 0 Å². The highest BCUT2D eigenvalue weighted by Crippen LogP contribution is 2.31. The Kier molecular flexibility index (Phi) is 3.29. The molecule has 0 N–H and O–H groups in total. The minimum atomic E-state index is 0.699. The smallest absolute Gasteiger partial charge is 0.163 e. The molecule has 20 heavy (non-hydrogen) atoms. The molecule has 0 radical (unpaired) electrons. The Morgan fingerprint density at radius 3 is 2.40 bits per heavy atom. The summed E-state index contributed by atoms with van der Waals surface area (Å²) in [5.41, 5.74) is 3.17. The molecule has 4 heteroatoms. The molecule has 0 fully saturated rings. The van der Waals surface area contributed by atoms with Crippen LogP contribution in [0.4, 0.5) is 0 Å². The van der Waals surface area contributed by atoms with Crippen LogP contribution in [-0.2, 0) is 6.54 Å². The first-order chi connectivity index (χ1) is 9.81. The zero-order chi connectivity index (χ0) is 13.9. The fraction of sp³-hybridized carbons (Fsp3) is 0.188. The third-order valence-electron chi connectivity index (χ3n) is 3.32. The number of nitrogens with zero attached hydrogens (tertiary/aromatic N) is 2. The summed E-state index contributed by atoms with van der Waals surface area (Å²) in [5, 5.41) is 0. The Morgan fingerprint density at radius 1 is 1.00 bits per heavy atom. The molecule has 2 aromatic carbocycles. The first-order valence-corrected chi connectivity index (χ1v) is 6.42. The van der Waals surface area contributed by atoms with Gasteiger partial charge in [-0.1, -0.05) is 30.3 Å². The van der Waals surface area contributed by atoms with E-state index in [2.05, 4.69) is 21.7 Å². The monoisotopic (exact) mass is 268 g/mol. The maximum Gasteiger partial charge on any atom is 0.163 e. The minimum Gasteiger partial charge on any atom is -0.493 e. The summed E-state index contributed by atoms with van der Waals surface area (Å²) in [4.78, 5) is 4.43. The zero-order valence-electron chi connectivity index (χ0n) is 11.5. The molecule has 0 spiro atoms. The molecule has 0 saturated heterocycles. The van der Waals surface area contributed by atoms with Crippen LogP contribution in [0.1, 0.15) is 5.56 Å². The summed E-state index contributed by atoms with van der Waals surface area (Å²) in [6.45, 7) is 0.785. The SMILES string of the molecule is COc1cc2ncn(Cc3ccccc3)c2cc1OC. The standard InChI is InChI=1S/C16H16N2O2/c1-19-15-8-13-14(9-16(15)20-2)18(11-17-13)10-12-6-4-3-5-7-12/h3-9,11H,10H2,1-2H3. The molecule has 4 nitrogen and oxygen atoms in total. The van der Waals surface area contributed by atoms with Crippen LogP contribution < -0.4 is 9.47 Å². The lowest BCUT2D eigenvalue weighted by Crippen LogP contribution is -1.98. The van der Waals surface area contributed by atoms with Crippen molar-refractivity contribution in [2.75, 3.05) is 14.2 Å². The molecule has 0 unspecified atom stereocenters. The van der Waals surface area contributed by atoms with Gasteiger partial charge in [-0.2, -0.15) is 0 Å². The summed E-state index contributed by atoms with van der Waals surface area (Å²) in [6.07, 6.45) is 1.84. The van der Waals surface area contributed by atoms with Gasteiger partial charge in [0.1, 0.15) is 0 Å². The summed E-state index contributed by atoms with van der Waals surface area (Å²) in [6, 6.07) is 14.2. The molecule has 0 aliphatic rings. The van der Waals surface area contributed by atoms with E-state index >= 15 is 0 Å². The van der Waals surface area contributed by atoms with E-state index in [4.69, 9.17) is 9.47 Å². The second-order valence-electron chi connectivity index (χ2n) is 4.55. The third-order valence-corrected chi connectivity index (χ3v) is 3.32. The van der Waals surface area contributed by atoms with Gasteiger partial charge >= 0.3 is 0 Å². The van der Waals surface area contributed by atoms with Gasteiger partial charge in [-0.15, -0.1) is 0 Å². The van der Waals surface area contributed by atoms with Crippen LogP contribution in [0, 0.1) is 0 Å². The van der Waals surface area contributed by atoms with Crippen LogP contribution in [0.2, 0.25) is 0 Å². The van der Waals surface area contributed by atoms with Crippen molar-refractivity contribution < 1.29 is 9.47 Å². The van der Waals surface area contributed by atoms with Crippen LogP contribution in [0.15, 0.2) is 48.8 Å². The first-order valence-electron chi connectivity index (χ1n) is 6.42. The molecule has 0 amide bonds. The molecular weight excluding hydrogens is 252 g/mol. The molecule has 102 valence electrons. The highest BCUT2D eigenvalue weighted by Gasteiger charge is 2.10. The van der Waals surface area contributed by atoms with Crippen molar-refractivity contribution in [3.8, 4) is 11.5 Å². The maximum absolute atomic E-state index is 5.35. The van der Waals surface area contributed by atoms with E-state index in [1.54, 1.807) is 14.2 Å². The molecule has 0 saturated carbocycles. The number of methoxy groups -OCH3 is 2. The Balaban J connectivity index is 2.04. The number of hydrogen-bond acceptors (Lipinski definition) is 3. The van der Waals surface area contributed by atoms with Crippen molar-refractivity contribution in [1.29, 1.82) is 0 Å². The van der Waals surface area contributed by atoms with Gasteiger partial charge in [0.25, 0.3) is 0 Å². The molecule has 0 bridgehead atoms. The van der Waals surface area contributed by atoms with Crippen molar-refractivity contribution in [3.05, 3.63) is 54.4 Å². The van der Waals surface area contributed by atoms with Gasteiger partial charge in [0.2, 0.25) is 0 Å². The maximum atomic E-state index is 5.35. The van der Waals surface area contributed by atoms with Crippen LogP contribution >= 0.6 is 0 Å². The molecule has 1 heterocycles. The van der Waals surface area contributed by atoms with E-state index in [0.717, 1.165) is 23.3 Å². The van der Waals surface area contributed by atoms with Gasteiger partial charge in [-0.25, -0.2) is 4.98 Å². The molecule has 0 aliphatic carbocycles. The van der Waals surface area contributed by atoms with E-state index in [-0.39, 0.29) is 0 Å². The molecule has 3 aromatic rings. The number of benzene rings is 2. The Morgan fingerprint density at radius 2 is 1.70 bits per heavy atom.